The van der Waals surface area contributed by atoms with Crippen molar-refractivity contribution in [3.63, 3.8) is 0 Å². The Morgan fingerprint density at radius 2 is 2.00 bits per heavy atom. The molecule has 6 nitrogen and oxygen atoms in total. The maximum Gasteiger partial charge on any atom is 0.272 e. The fraction of sp³-hybridized carbons (Fsp3) is 0.111. The molecule has 1 aromatic rings. The van der Waals surface area contributed by atoms with Crippen LogP contribution in [0, 0.1) is 21.4 Å². The van der Waals surface area contributed by atoms with E-state index in [0.29, 0.717) is 0 Å². The minimum absolute atomic E-state index is 0.0548. The number of carbonyl (C=O) groups is 1. The Morgan fingerprint density at radius 3 is 2.41 bits per heavy atom. The minimum atomic E-state index is -0.654. The van der Waals surface area contributed by atoms with E-state index in [1.807, 2.05) is 0 Å². The number of halogens is 2. The lowest BCUT2D eigenvalue weighted by Gasteiger charge is -2.07. The first-order valence-corrected chi connectivity index (χ1v) is 5.01. The van der Waals surface area contributed by atoms with Gasteiger partial charge in [0.1, 0.15) is 6.42 Å². The van der Waals surface area contributed by atoms with Crippen molar-refractivity contribution in [2.24, 2.45) is 0 Å². The van der Waals surface area contributed by atoms with Crippen molar-refractivity contribution in [1.29, 1.82) is 5.26 Å². The van der Waals surface area contributed by atoms with Crippen LogP contribution in [-0.4, -0.2) is 10.8 Å². The molecule has 0 aliphatic heterocycles. The monoisotopic (exact) mass is 273 g/mol. The number of nitro benzene ring substituents is 1. The van der Waals surface area contributed by atoms with Gasteiger partial charge in [-0.25, -0.2) is 0 Å². The zero-order valence-corrected chi connectivity index (χ0v) is 9.75. The van der Waals surface area contributed by atoms with Crippen molar-refractivity contribution in [2.45, 2.75) is 6.42 Å². The summed E-state index contributed by atoms with van der Waals surface area (Å²) in [5, 5.41) is 21.0. The van der Waals surface area contributed by atoms with E-state index in [1.165, 1.54) is 0 Å². The predicted octanol–water partition coefficient (Wildman–Crippen LogP) is 2.75. The normalized spacial score (nSPS) is 9.47. The maximum absolute atomic E-state index is 11.2. The third-order valence-electron chi connectivity index (χ3n) is 1.74. The van der Waals surface area contributed by atoms with Crippen molar-refractivity contribution < 1.29 is 9.72 Å². The number of nitrogens with zero attached hydrogens (tertiary/aromatic N) is 2. The molecule has 0 aliphatic carbocycles. The van der Waals surface area contributed by atoms with Gasteiger partial charge in [0.15, 0.2) is 0 Å². The number of carbonyl (C=O) groups excluding carboxylic acids is 1. The number of benzene rings is 1. The average Bonchev–Trinajstić information content (AvgIpc) is 2.23. The van der Waals surface area contributed by atoms with Crippen molar-refractivity contribution in [1.82, 2.24) is 0 Å². The highest BCUT2D eigenvalue weighted by Gasteiger charge is 2.16. The Labute approximate surface area is 106 Å². The smallest absolute Gasteiger partial charge is 0.272 e. The van der Waals surface area contributed by atoms with Gasteiger partial charge < -0.3 is 5.32 Å². The molecule has 0 aromatic heterocycles. The summed E-state index contributed by atoms with van der Waals surface area (Å²) in [6.45, 7) is 0. The van der Waals surface area contributed by atoms with Crippen molar-refractivity contribution in [3.05, 3.63) is 32.3 Å². The fourth-order valence-corrected chi connectivity index (χ4v) is 1.61. The number of non-ortho nitro benzene ring substituents is 1. The van der Waals surface area contributed by atoms with Gasteiger partial charge in [0, 0.05) is 12.1 Å². The summed E-state index contributed by atoms with van der Waals surface area (Å²) in [5.41, 5.74) is -0.225. The minimum Gasteiger partial charge on any atom is -0.323 e. The van der Waals surface area contributed by atoms with E-state index in [0.717, 1.165) is 12.1 Å². The summed E-state index contributed by atoms with van der Waals surface area (Å²) >= 11 is 11.5. The number of nitriles is 1. The highest BCUT2D eigenvalue weighted by molar-refractivity contribution is 6.40. The molecule has 0 atom stereocenters. The van der Waals surface area contributed by atoms with Crippen LogP contribution in [0.4, 0.5) is 11.4 Å². The van der Waals surface area contributed by atoms with Crippen LogP contribution in [-0.2, 0) is 4.79 Å². The Kier molecular flexibility index (Phi) is 4.26. The molecule has 0 heterocycles. The summed E-state index contributed by atoms with van der Waals surface area (Å²) in [4.78, 5) is 21.0. The molecule has 0 bridgehead atoms. The van der Waals surface area contributed by atoms with E-state index in [9.17, 15) is 14.9 Å². The molecule has 0 aliphatic rings. The molecule has 0 saturated heterocycles. The van der Waals surface area contributed by atoms with Gasteiger partial charge in [-0.2, -0.15) is 5.26 Å². The van der Waals surface area contributed by atoms with E-state index in [1.54, 1.807) is 6.07 Å². The van der Waals surface area contributed by atoms with E-state index in [-0.39, 0.29) is 27.8 Å². The standard InChI is InChI=1S/C9H5Cl2N3O3/c10-6-3-5(14(16)17)4-7(11)9(6)13-8(15)1-2-12/h3-4H,1H2,(H,13,15). The molecular formula is C9H5Cl2N3O3. The van der Waals surface area contributed by atoms with Crippen LogP contribution in [0.5, 0.6) is 0 Å². The molecule has 88 valence electrons. The first kappa shape index (κ1) is 13.2. The van der Waals surface area contributed by atoms with Gasteiger partial charge in [0.2, 0.25) is 5.91 Å². The predicted molar refractivity (Wildman–Crippen MR) is 62.0 cm³/mol. The lowest BCUT2D eigenvalue weighted by molar-refractivity contribution is -0.384. The van der Waals surface area contributed by atoms with Crippen molar-refractivity contribution in [2.75, 3.05) is 5.32 Å². The van der Waals surface area contributed by atoms with Crippen LogP contribution in [0.1, 0.15) is 6.42 Å². The zero-order valence-electron chi connectivity index (χ0n) is 8.24. The number of nitrogens with one attached hydrogen (secondary N) is 1. The quantitative estimate of drug-likeness (QED) is 0.676. The second-order valence-electron chi connectivity index (χ2n) is 2.92. The van der Waals surface area contributed by atoms with Crippen LogP contribution in [0.15, 0.2) is 12.1 Å². The summed E-state index contributed by atoms with van der Waals surface area (Å²) in [6, 6.07) is 3.78. The third-order valence-corrected chi connectivity index (χ3v) is 2.34. The largest absolute Gasteiger partial charge is 0.323 e. The first-order chi connectivity index (χ1) is 7.95. The molecule has 1 aromatic carbocycles. The number of hydrogen-bond acceptors (Lipinski definition) is 4. The number of hydrogen-bond donors (Lipinski definition) is 1. The molecule has 0 saturated carbocycles. The number of anilines is 1. The SMILES string of the molecule is N#CCC(=O)Nc1c(Cl)cc([N+](=O)[O-])cc1Cl. The van der Waals surface area contributed by atoms with Gasteiger partial charge in [-0.05, 0) is 0 Å². The van der Waals surface area contributed by atoms with Gasteiger partial charge in [0.25, 0.3) is 5.69 Å². The number of nitro groups is 1. The topological polar surface area (TPSA) is 96.0 Å². The van der Waals surface area contributed by atoms with Crippen molar-refractivity contribution >= 4 is 40.5 Å². The van der Waals surface area contributed by atoms with E-state index in [2.05, 4.69) is 5.32 Å². The van der Waals surface area contributed by atoms with Crippen LogP contribution >= 0.6 is 23.2 Å². The Hall–Kier alpha value is -1.84. The van der Waals surface area contributed by atoms with Crippen LogP contribution in [0.2, 0.25) is 10.0 Å². The Morgan fingerprint density at radius 1 is 1.47 bits per heavy atom. The molecule has 0 fully saturated rings. The fourth-order valence-electron chi connectivity index (χ4n) is 1.04. The molecule has 8 heteroatoms. The molecule has 1 amide bonds. The second kappa shape index (κ2) is 5.48. The molecule has 17 heavy (non-hydrogen) atoms. The maximum atomic E-state index is 11.2. The van der Waals surface area contributed by atoms with Crippen LogP contribution < -0.4 is 5.32 Å². The lowest BCUT2D eigenvalue weighted by atomic mass is 10.2. The highest BCUT2D eigenvalue weighted by Crippen LogP contribution is 2.34. The molecule has 0 spiro atoms. The third kappa shape index (κ3) is 3.31. The van der Waals surface area contributed by atoms with Crippen LogP contribution in [0.3, 0.4) is 0 Å². The molecule has 0 radical (unpaired) electrons. The zero-order chi connectivity index (χ0) is 13.0. The summed E-state index contributed by atoms with van der Waals surface area (Å²) in [5.74, 6) is -0.592. The highest BCUT2D eigenvalue weighted by atomic mass is 35.5. The summed E-state index contributed by atoms with van der Waals surface area (Å²) < 4.78 is 0. The number of rotatable bonds is 3. The average molecular weight is 274 g/mol. The van der Waals surface area contributed by atoms with Gasteiger partial charge in [-0.3, -0.25) is 14.9 Å². The van der Waals surface area contributed by atoms with E-state index in [4.69, 9.17) is 28.5 Å². The van der Waals surface area contributed by atoms with Crippen molar-refractivity contribution in [3.8, 4) is 6.07 Å². The first-order valence-electron chi connectivity index (χ1n) is 4.26. The second-order valence-corrected chi connectivity index (χ2v) is 3.74. The number of amides is 1. The van der Waals surface area contributed by atoms with Gasteiger partial charge in [-0.15, -0.1) is 0 Å². The van der Waals surface area contributed by atoms with Gasteiger partial charge in [0.05, 0.1) is 26.7 Å². The summed E-state index contributed by atoms with van der Waals surface area (Å²) in [7, 11) is 0. The molecule has 0 unspecified atom stereocenters. The molecule has 1 rings (SSSR count). The Balaban J connectivity index is 3.07. The van der Waals surface area contributed by atoms with E-state index < -0.39 is 10.8 Å². The summed E-state index contributed by atoms with van der Waals surface area (Å²) in [6.07, 6.45) is -0.357. The lowest BCUT2D eigenvalue weighted by Crippen LogP contribution is -2.11. The van der Waals surface area contributed by atoms with Gasteiger partial charge in [-0.1, -0.05) is 23.2 Å². The van der Waals surface area contributed by atoms with E-state index >= 15 is 0 Å². The van der Waals surface area contributed by atoms with Gasteiger partial charge >= 0.3 is 0 Å². The van der Waals surface area contributed by atoms with Crippen LogP contribution in [0.25, 0.3) is 0 Å². The Bertz CT molecular complexity index is 502. The molecule has 1 N–H and O–H groups in total. The molecular weight excluding hydrogens is 269 g/mol.